The molecule has 0 saturated carbocycles. The van der Waals surface area contributed by atoms with Crippen LogP contribution < -0.4 is 10.4 Å². The van der Waals surface area contributed by atoms with Crippen LogP contribution in [0.1, 0.15) is 24.7 Å². The van der Waals surface area contributed by atoms with E-state index in [2.05, 4.69) is 146 Å². The fourth-order valence-electron chi connectivity index (χ4n) is 7.63. The highest BCUT2D eigenvalue weighted by Crippen LogP contribution is 2.49. The van der Waals surface area contributed by atoms with Gasteiger partial charge >= 0.3 is 0 Å². The van der Waals surface area contributed by atoms with Gasteiger partial charge in [-0.2, -0.15) is 0 Å². The Morgan fingerprint density at radius 1 is 0.578 bits per heavy atom. The van der Waals surface area contributed by atoms with E-state index in [4.69, 9.17) is 9.97 Å². The molecule has 7 aromatic rings. The van der Waals surface area contributed by atoms with Crippen molar-refractivity contribution in [3.05, 3.63) is 179 Å². The molecule has 9 rings (SSSR count). The first-order valence-electron chi connectivity index (χ1n) is 15.6. The molecule has 6 aromatic carbocycles. The SMILES string of the molecule is CC12CC=CC=C1C(c1ccccc1)=c1ccccc1=C2c1ncc(-c2cccc3c2ccc2cc4ccccc4cc23)cn1. The van der Waals surface area contributed by atoms with E-state index in [1.165, 1.54) is 65.0 Å². The summed E-state index contributed by atoms with van der Waals surface area (Å²) in [6.07, 6.45) is 11.7. The largest absolute Gasteiger partial charge is 0.236 e. The normalized spacial score (nSPS) is 17.4. The Balaban J connectivity index is 1.23. The molecule has 0 amide bonds. The smallest absolute Gasteiger partial charge is 0.156 e. The van der Waals surface area contributed by atoms with Crippen LogP contribution in [0.3, 0.4) is 0 Å². The van der Waals surface area contributed by atoms with Crippen molar-refractivity contribution in [2.75, 3.05) is 0 Å². The van der Waals surface area contributed by atoms with E-state index < -0.39 is 0 Å². The number of fused-ring (bicyclic) bond motifs is 6. The first kappa shape index (κ1) is 25.9. The van der Waals surface area contributed by atoms with Crippen molar-refractivity contribution in [3.8, 4) is 11.1 Å². The van der Waals surface area contributed by atoms with Crippen LogP contribution in [0.5, 0.6) is 0 Å². The minimum atomic E-state index is -0.253. The second-order valence-electron chi connectivity index (χ2n) is 12.4. The third-order valence-corrected chi connectivity index (χ3v) is 9.80. The Kier molecular flexibility index (Phi) is 5.73. The van der Waals surface area contributed by atoms with E-state index in [1.807, 2.05) is 12.4 Å². The third kappa shape index (κ3) is 3.96. The van der Waals surface area contributed by atoms with Crippen molar-refractivity contribution in [3.63, 3.8) is 0 Å². The van der Waals surface area contributed by atoms with E-state index in [-0.39, 0.29) is 5.41 Å². The fourth-order valence-corrected chi connectivity index (χ4v) is 7.63. The van der Waals surface area contributed by atoms with Gasteiger partial charge in [-0.05, 0) is 83.6 Å². The van der Waals surface area contributed by atoms with Gasteiger partial charge in [0.1, 0.15) is 0 Å². The molecule has 0 bridgehead atoms. The topological polar surface area (TPSA) is 25.8 Å². The van der Waals surface area contributed by atoms with Gasteiger partial charge in [-0.15, -0.1) is 0 Å². The van der Waals surface area contributed by atoms with Gasteiger partial charge in [0, 0.05) is 28.9 Å². The third-order valence-electron chi connectivity index (χ3n) is 9.80. The molecular formula is C43H30N2. The minimum Gasteiger partial charge on any atom is -0.236 e. The summed E-state index contributed by atoms with van der Waals surface area (Å²) < 4.78 is 0. The Hall–Kier alpha value is -5.60. The number of allylic oxidation sites excluding steroid dienone is 4. The van der Waals surface area contributed by atoms with Crippen molar-refractivity contribution in [1.82, 2.24) is 9.97 Å². The zero-order valence-electron chi connectivity index (χ0n) is 25.0. The summed E-state index contributed by atoms with van der Waals surface area (Å²) in [4.78, 5) is 10.2. The maximum atomic E-state index is 5.11. The number of rotatable bonds is 3. The summed E-state index contributed by atoms with van der Waals surface area (Å²) in [5, 5.41) is 9.94. The predicted octanol–water partition coefficient (Wildman–Crippen LogP) is 8.91. The van der Waals surface area contributed by atoms with Crippen LogP contribution in [-0.4, -0.2) is 9.97 Å². The number of hydrogen-bond donors (Lipinski definition) is 0. The molecule has 2 aliphatic carbocycles. The van der Waals surface area contributed by atoms with Gasteiger partial charge in [0.25, 0.3) is 0 Å². The Labute approximate surface area is 262 Å². The van der Waals surface area contributed by atoms with E-state index in [1.54, 1.807) is 0 Å². The first-order valence-corrected chi connectivity index (χ1v) is 15.6. The Morgan fingerprint density at radius 3 is 2.13 bits per heavy atom. The molecular weight excluding hydrogens is 544 g/mol. The van der Waals surface area contributed by atoms with Crippen molar-refractivity contribution in [2.45, 2.75) is 13.3 Å². The van der Waals surface area contributed by atoms with Crippen LogP contribution in [0.2, 0.25) is 0 Å². The number of hydrogen-bond acceptors (Lipinski definition) is 2. The number of aromatic nitrogens is 2. The van der Waals surface area contributed by atoms with Crippen LogP contribution in [-0.2, 0) is 0 Å². The van der Waals surface area contributed by atoms with Crippen LogP contribution >= 0.6 is 0 Å². The lowest BCUT2D eigenvalue weighted by molar-refractivity contribution is 0.543. The zero-order valence-corrected chi connectivity index (χ0v) is 25.0. The number of benzene rings is 6. The first-order chi connectivity index (χ1) is 22.2. The molecule has 1 heterocycles. The van der Waals surface area contributed by atoms with Gasteiger partial charge < -0.3 is 0 Å². The molecule has 1 aromatic heterocycles. The molecule has 0 aliphatic heterocycles. The molecule has 0 radical (unpaired) electrons. The van der Waals surface area contributed by atoms with E-state index in [9.17, 15) is 0 Å². The van der Waals surface area contributed by atoms with E-state index >= 15 is 0 Å². The summed E-state index contributed by atoms with van der Waals surface area (Å²) >= 11 is 0. The lowest BCUT2D eigenvalue weighted by Gasteiger charge is -2.39. The zero-order chi connectivity index (χ0) is 30.0. The molecule has 1 unspecified atom stereocenters. The highest BCUT2D eigenvalue weighted by molar-refractivity contribution is 6.15. The van der Waals surface area contributed by atoms with Crippen molar-refractivity contribution in [2.24, 2.45) is 5.41 Å². The monoisotopic (exact) mass is 574 g/mol. The van der Waals surface area contributed by atoms with Gasteiger partial charge in [-0.1, -0.05) is 134 Å². The Morgan fingerprint density at radius 2 is 1.31 bits per heavy atom. The van der Waals surface area contributed by atoms with Crippen LogP contribution in [0.4, 0.5) is 0 Å². The standard InChI is InChI=1S/C43H30N2/c1-43-23-10-9-20-39(43)40(28-12-3-2-4-13-28)36-16-7-8-17-37(36)41(43)42-44-26-32(27-45-42)33-18-11-19-34-35(33)22-21-31-24-29-14-5-6-15-30(29)25-38(31)34/h2-22,24-27H,23H2,1H3. The average molecular weight is 575 g/mol. The molecule has 2 nitrogen and oxygen atoms in total. The molecule has 2 aliphatic rings. The highest BCUT2D eigenvalue weighted by atomic mass is 14.9. The van der Waals surface area contributed by atoms with Gasteiger partial charge in [0.15, 0.2) is 5.82 Å². The molecule has 0 fully saturated rings. The van der Waals surface area contributed by atoms with Gasteiger partial charge in [0.2, 0.25) is 0 Å². The second kappa shape index (κ2) is 9.97. The second-order valence-corrected chi connectivity index (χ2v) is 12.4. The minimum absolute atomic E-state index is 0.253. The lowest BCUT2D eigenvalue weighted by Crippen LogP contribution is -2.42. The van der Waals surface area contributed by atoms with Crippen LogP contribution in [0.15, 0.2) is 158 Å². The van der Waals surface area contributed by atoms with Gasteiger partial charge in [-0.25, -0.2) is 9.97 Å². The molecule has 2 heteroatoms. The molecule has 45 heavy (non-hydrogen) atoms. The van der Waals surface area contributed by atoms with Crippen LogP contribution in [0.25, 0.3) is 54.6 Å². The molecule has 0 spiro atoms. The average Bonchev–Trinajstić information content (AvgIpc) is 3.09. The van der Waals surface area contributed by atoms with Crippen molar-refractivity contribution < 1.29 is 0 Å². The lowest BCUT2D eigenvalue weighted by atomic mass is 9.64. The maximum absolute atomic E-state index is 5.11. The van der Waals surface area contributed by atoms with Gasteiger partial charge in [-0.3, -0.25) is 0 Å². The quantitative estimate of drug-likeness (QED) is 0.156. The summed E-state index contributed by atoms with van der Waals surface area (Å²) in [7, 11) is 0. The predicted molar refractivity (Wildman–Crippen MR) is 187 cm³/mol. The summed E-state index contributed by atoms with van der Waals surface area (Å²) in [5.41, 5.74) is 6.97. The molecule has 1 atom stereocenters. The van der Waals surface area contributed by atoms with Gasteiger partial charge in [0.05, 0.1) is 0 Å². The van der Waals surface area contributed by atoms with Crippen molar-refractivity contribution >= 4 is 43.5 Å². The highest BCUT2D eigenvalue weighted by Gasteiger charge is 2.40. The van der Waals surface area contributed by atoms with Crippen LogP contribution in [0, 0.1) is 5.41 Å². The fraction of sp³-hybridized carbons (Fsp3) is 0.0698. The Bertz CT molecular complexity index is 2500. The summed E-state index contributed by atoms with van der Waals surface area (Å²) in [6, 6.07) is 43.8. The molecule has 0 N–H and O–H groups in total. The summed E-state index contributed by atoms with van der Waals surface area (Å²) in [5.74, 6) is 0.791. The van der Waals surface area contributed by atoms with E-state index in [0.29, 0.717) is 0 Å². The molecule has 0 saturated heterocycles. The van der Waals surface area contributed by atoms with Crippen molar-refractivity contribution in [1.29, 1.82) is 0 Å². The van der Waals surface area contributed by atoms with E-state index in [0.717, 1.165) is 23.4 Å². The number of nitrogens with zero attached hydrogens (tertiary/aromatic N) is 2. The summed E-state index contributed by atoms with van der Waals surface area (Å²) in [6.45, 7) is 2.35. The maximum Gasteiger partial charge on any atom is 0.156 e. The molecule has 212 valence electrons.